The van der Waals surface area contributed by atoms with Crippen molar-refractivity contribution >= 4 is 10.8 Å². The molecule has 0 radical (unpaired) electrons. The minimum atomic E-state index is 0.344. The van der Waals surface area contributed by atoms with Crippen LogP contribution in [0.1, 0.15) is 51.0 Å². The van der Waals surface area contributed by atoms with Crippen molar-refractivity contribution in [3.63, 3.8) is 0 Å². The SMILES string of the molecule is CCCCCCCCc1ccc2cc(O)ccc2c1. The highest BCUT2D eigenvalue weighted by Crippen LogP contribution is 2.22. The third kappa shape index (κ3) is 4.27. The van der Waals surface area contributed by atoms with E-state index in [1.807, 2.05) is 12.1 Å². The van der Waals surface area contributed by atoms with Crippen LogP contribution in [0.3, 0.4) is 0 Å². The maximum absolute atomic E-state index is 9.44. The molecule has 102 valence electrons. The van der Waals surface area contributed by atoms with E-state index in [1.165, 1.54) is 55.9 Å². The minimum absolute atomic E-state index is 0.344. The molecule has 0 heterocycles. The molecule has 1 nitrogen and oxygen atoms in total. The smallest absolute Gasteiger partial charge is 0.116 e. The van der Waals surface area contributed by atoms with Gasteiger partial charge in [0.2, 0.25) is 0 Å². The first kappa shape index (κ1) is 13.9. The van der Waals surface area contributed by atoms with E-state index in [9.17, 15) is 5.11 Å². The average Bonchev–Trinajstić information content (AvgIpc) is 2.43. The Morgan fingerprint density at radius 1 is 0.789 bits per heavy atom. The molecule has 0 bridgehead atoms. The van der Waals surface area contributed by atoms with E-state index in [0.717, 1.165) is 5.39 Å². The van der Waals surface area contributed by atoms with Gasteiger partial charge in [0.25, 0.3) is 0 Å². The number of unbranched alkanes of at least 4 members (excludes halogenated alkanes) is 5. The van der Waals surface area contributed by atoms with Crippen LogP contribution in [0.4, 0.5) is 0 Å². The molecule has 0 unspecified atom stereocenters. The van der Waals surface area contributed by atoms with Crippen LogP contribution in [-0.4, -0.2) is 5.11 Å². The summed E-state index contributed by atoms with van der Waals surface area (Å²) in [6.45, 7) is 2.26. The van der Waals surface area contributed by atoms with Crippen LogP contribution in [-0.2, 0) is 6.42 Å². The summed E-state index contributed by atoms with van der Waals surface area (Å²) >= 11 is 0. The fraction of sp³-hybridized carbons (Fsp3) is 0.444. The van der Waals surface area contributed by atoms with E-state index in [1.54, 1.807) is 6.07 Å². The summed E-state index contributed by atoms with van der Waals surface area (Å²) in [5, 5.41) is 11.8. The van der Waals surface area contributed by atoms with Crippen LogP contribution in [0.15, 0.2) is 36.4 Å². The summed E-state index contributed by atoms with van der Waals surface area (Å²) in [6, 6.07) is 12.1. The Morgan fingerprint density at radius 2 is 1.47 bits per heavy atom. The van der Waals surface area contributed by atoms with E-state index < -0.39 is 0 Å². The summed E-state index contributed by atoms with van der Waals surface area (Å²) < 4.78 is 0. The lowest BCUT2D eigenvalue weighted by Crippen LogP contribution is -1.86. The number of aryl methyl sites for hydroxylation is 1. The van der Waals surface area contributed by atoms with Crippen molar-refractivity contribution < 1.29 is 5.11 Å². The maximum Gasteiger partial charge on any atom is 0.116 e. The number of benzene rings is 2. The number of phenols is 1. The molecule has 2 aromatic rings. The first-order valence-corrected chi connectivity index (χ1v) is 7.51. The van der Waals surface area contributed by atoms with Crippen molar-refractivity contribution in [3.8, 4) is 5.75 Å². The Morgan fingerprint density at radius 3 is 2.32 bits per heavy atom. The molecule has 0 aliphatic rings. The highest BCUT2D eigenvalue weighted by molar-refractivity contribution is 5.84. The van der Waals surface area contributed by atoms with Crippen LogP contribution < -0.4 is 0 Å². The van der Waals surface area contributed by atoms with Gasteiger partial charge in [0.05, 0.1) is 0 Å². The average molecular weight is 256 g/mol. The topological polar surface area (TPSA) is 20.2 Å². The fourth-order valence-corrected chi connectivity index (χ4v) is 2.55. The number of phenolic OH excluding ortho intramolecular Hbond substituents is 1. The van der Waals surface area contributed by atoms with Gasteiger partial charge in [0.15, 0.2) is 0 Å². The van der Waals surface area contributed by atoms with Gasteiger partial charge in [-0.05, 0) is 41.3 Å². The second-order valence-electron chi connectivity index (χ2n) is 5.38. The first-order chi connectivity index (χ1) is 9.29. The van der Waals surface area contributed by atoms with Crippen molar-refractivity contribution in [2.45, 2.75) is 51.9 Å². The van der Waals surface area contributed by atoms with Crippen LogP contribution in [0, 0.1) is 0 Å². The summed E-state index contributed by atoms with van der Waals surface area (Å²) in [5.41, 5.74) is 1.41. The van der Waals surface area contributed by atoms with E-state index >= 15 is 0 Å². The molecule has 0 saturated heterocycles. The van der Waals surface area contributed by atoms with Gasteiger partial charge in [-0.15, -0.1) is 0 Å². The second kappa shape index (κ2) is 7.18. The Labute approximate surface area is 116 Å². The largest absolute Gasteiger partial charge is 0.508 e. The lowest BCUT2D eigenvalue weighted by atomic mass is 10.0. The number of aromatic hydroxyl groups is 1. The van der Waals surface area contributed by atoms with E-state index in [-0.39, 0.29) is 0 Å². The predicted molar refractivity (Wildman–Crippen MR) is 82.7 cm³/mol. The van der Waals surface area contributed by atoms with Crippen LogP contribution in [0.2, 0.25) is 0 Å². The molecule has 0 aliphatic heterocycles. The lowest BCUT2D eigenvalue weighted by molar-refractivity contribution is 0.476. The van der Waals surface area contributed by atoms with Gasteiger partial charge >= 0.3 is 0 Å². The van der Waals surface area contributed by atoms with Crippen molar-refractivity contribution in [1.82, 2.24) is 0 Å². The number of hydrogen-bond acceptors (Lipinski definition) is 1. The molecule has 19 heavy (non-hydrogen) atoms. The Balaban J connectivity index is 1.86. The van der Waals surface area contributed by atoms with E-state index in [0.29, 0.717) is 5.75 Å². The highest BCUT2D eigenvalue weighted by atomic mass is 16.3. The Bertz CT molecular complexity index is 516. The van der Waals surface area contributed by atoms with Crippen LogP contribution >= 0.6 is 0 Å². The van der Waals surface area contributed by atoms with Gasteiger partial charge in [-0.1, -0.05) is 63.3 Å². The molecule has 0 spiro atoms. The summed E-state index contributed by atoms with van der Waals surface area (Å²) in [5.74, 6) is 0.344. The Kier molecular flexibility index (Phi) is 5.26. The van der Waals surface area contributed by atoms with Gasteiger partial charge in [-0.2, -0.15) is 0 Å². The quantitative estimate of drug-likeness (QED) is 0.653. The molecule has 2 rings (SSSR count). The molecule has 1 N–H and O–H groups in total. The van der Waals surface area contributed by atoms with Crippen molar-refractivity contribution in [2.75, 3.05) is 0 Å². The number of fused-ring (bicyclic) bond motifs is 1. The minimum Gasteiger partial charge on any atom is -0.508 e. The van der Waals surface area contributed by atoms with Gasteiger partial charge < -0.3 is 5.11 Å². The third-order valence-corrected chi connectivity index (χ3v) is 3.71. The maximum atomic E-state index is 9.44. The van der Waals surface area contributed by atoms with Gasteiger partial charge in [0.1, 0.15) is 5.75 Å². The molecule has 0 saturated carbocycles. The molecular formula is C18H24O. The molecule has 0 fully saturated rings. The molecule has 0 atom stereocenters. The van der Waals surface area contributed by atoms with Crippen LogP contribution in [0.25, 0.3) is 10.8 Å². The standard InChI is InChI=1S/C18H24O/c1-2-3-4-5-6-7-8-15-9-10-17-14-18(19)12-11-16(17)13-15/h9-14,19H,2-8H2,1H3. The van der Waals surface area contributed by atoms with E-state index in [4.69, 9.17) is 0 Å². The molecule has 1 heteroatoms. The molecule has 0 amide bonds. The fourth-order valence-electron chi connectivity index (χ4n) is 2.55. The summed E-state index contributed by atoms with van der Waals surface area (Å²) in [7, 11) is 0. The third-order valence-electron chi connectivity index (χ3n) is 3.71. The van der Waals surface area contributed by atoms with Crippen molar-refractivity contribution in [2.24, 2.45) is 0 Å². The monoisotopic (exact) mass is 256 g/mol. The molecule has 0 aromatic heterocycles. The zero-order valence-corrected chi connectivity index (χ0v) is 11.9. The zero-order valence-electron chi connectivity index (χ0n) is 11.9. The second-order valence-corrected chi connectivity index (χ2v) is 5.38. The number of hydrogen-bond donors (Lipinski definition) is 1. The van der Waals surface area contributed by atoms with Gasteiger partial charge in [0, 0.05) is 0 Å². The van der Waals surface area contributed by atoms with E-state index in [2.05, 4.69) is 25.1 Å². The zero-order chi connectivity index (χ0) is 13.5. The van der Waals surface area contributed by atoms with Gasteiger partial charge in [-0.3, -0.25) is 0 Å². The predicted octanol–water partition coefficient (Wildman–Crippen LogP) is 5.45. The number of rotatable bonds is 7. The highest BCUT2D eigenvalue weighted by Gasteiger charge is 1.98. The summed E-state index contributed by atoms with van der Waals surface area (Å²) in [4.78, 5) is 0. The molecule has 0 aliphatic carbocycles. The molecular weight excluding hydrogens is 232 g/mol. The van der Waals surface area contributed by atoms with Crippen molar-refractivity contribution in [1.29, 1.82) is 0 Å². The van der Waals surface area contributed by atoms with Crippen LogP contribution in [0.5, 0.6) is 5.75 Å². The summed E-state index contributed by atoms with van der Waals surface area (Å²) in [6.07, 6.45) is 9.24. The lowest BCUT2D eigenvalue weighted by Gasteiger charge is -2.05. The Hall–Kier alpha value is -1.50. The molecule has 2 aromatic carbocycles. The van der Waals surface area contributed by atoms with Gasteiger partial charge in [-0.25, -0.2) is 0 Å². The van der Waals surface area contributed by atoms with Crippen molar-refractivity contribution in [3.05, 3.63) is 42.0 Å². The first-order valence-electron chi connectivity index (χ1n) is 7.51. The normalized spacial score (nSPS) is 11.0.